The van der Waals surface area contributed by atoms with Gasteiger partial charge in [0.1, 0.15) is 19.8 Å². The Morgan fingerprint density at radius 3 is 1.64 bits per heavy atom. The van der Waals surface area contributed by atoms with E-state index in [9.17, 15) is 9.59 Å². The van der Waals surface area contributed by atoms with Gasteiger partial charge in [-0.15, -0.1) is 0 Å². The number of quaternary nitrogens is 1. The number of carbonyl (C=O) groups is 2. The van der Waals surface area contributed by atoms with Crippen molar-refractivity contribution in [2.45, 2.75) is 139 Å². The fraction of sp³-hybridized carbons (Fsp3) is 0.951. The van der Waals surface area contributed by atoms with Gasteiger partial charge in [0.15, 0.2) is 0 Å². The Morgan fingerprint density at radius 2 is 1.17 bits per heavy atom. The van der Waals surface area contributed by atoms with E-state index in [4.69, 9.17) is 9.47 Å². The second-order valence-corrected chi connectivity index (χ2v) is 18.0. The first-order valence-corrected chi connectivity index (χ1v) is 19.8. The summed E-state index contributed by atoms with van der Waals surface area (Å²) in [5.74, 6) is 4.80. The zero-order valence-corrected chi connectivity index (χ0v) is 33.3. The molecule has 276 valence electrons. The van der Waals surface area contributed by atoms with Crippen LogP contribution in [0, 0.1) is 52.3 Å². The summed E-state index contributed by atoms with van der Waals surface area (Å²) < 4.78 is 12.9. The Bertz CT molecular complexity index is 920. The highest BCUT2D eigenvalue weighted by Gasteiger charge is 2.47. The Balaban J connectivity index is 2.10. The normalized spacial score (nSPS) is 26.9. The van der Waals surface area contributed by atoms with Gasteiger partial charge in [0.2, 0.25) is 0 Å². The molecule has 5 atom stereocenters. The quantitative estimate of drug-likeness (QED) is 0.0960. The maximum Gasteiger partial charge on any atom is 0.312 e. The van der Waals surface area contributed by atoms with Gasteiger partial charge in [0.05, 0.1) is 31.5 Å². The summed E-state index contributed by atoms with van der Waals surface area (Å²) >= 11 is 0. The molecule has 0 heterocycles. The Morgan fingerprint density at radius 1 is 0.723 bits per heavy atom. The molecule has 0 aromatic heterocycles. The highest BCUT2D eigenvalue weighted by molar-refractivity contribution is 5.80. The fourth-order valence-corrected chi connectivity index (χ4v) is 9.04. The van der Waals surface area contributed by atoms with Gasteiger partial charge < -0.3 is 18.9 Å². The summed E-state index contributed by atoms with van der Waals surface area (Å²) in [7, 11) is 8.55. The van der Waals surface area contributed by atoms with Gasteiger partial charge in [0.25, 0.3) is 0 Å². The smallest absolute Gasteiger partial charge is 0.312 e. The van der Waals surface area contributed by atoms with Gasteiger partial charge in [-0.2, -0.15) is 0 Å². The van der Waals surface area contributed by atoms with Crippen LogP contribution >= 0.6 is 0 Å². The van der Waals surface area contributed by atoms with Gasteiger partial charge in [-0.25, -0.2) is 0 Å². The average molecular weight is 664 g/mol. The summed E-state index contributed by atoms with van der Waals surface area (Å²) in [4.78, 5) is 29.7. The van der Waals surface area contributed by atoms with Crippen LogP contribution in [-0.2, 0) is 19.1 Å². The van der Waals surface area contributed by atoms with E-state index in [2.05, 4.69) is 62.6 Å². The maximum atomic E-state index is 14.2. The van der Waals surface area contributed by atoms with E-state index >= 15 is 0 Å². The summed E-state index contributed by atoms with van der Waals surface area (Å²) in [6.45, 7) is 21.4. The zero-order valence-electron chi connectivity index (χ0n) is 33.3. The van der Waals surface area contributed by atoms with Gasteiger partial charge in [-0.3, -0.25) is 9.59 Å². The van der Waals surface area contributed by atoms with Gasteiger partial charge in [0, 0.05) is 12.5 Å². The molecule has 0 saturated heterocycles. The van der Waals surface area contributed by atoms with Crippen LogP contribution in [0.1, 0.15) is 139 Å². The number of ether oxygens (including phenoxy) is 2. The van der Waals surface area contributed by atoms with Crippen molar-refractivity contribution in [3.05, 3.63) is 0 Å². The van der Waals surface area contributed by atoms with E-state index in [1.807, 2.05) is 25.9 Å². The van der Waals surface area contributed by atoms with E-state index in [-0.39, 0.29) is 11.9 Å². The van der Waals surface area contributed by atoms with E-state index in [0.717, 1.165) is 53.6 Å². The van der Waals surface area contributed by atoms with E-state index in [0.29, 0.717) is 44.4 Å². The molecule has 5 unspecified atom stereocenters. The zero-order chi connectivity index (χ0) is 35.4. The number of nitrogens with zero attached hydrogens (tertiary/aromatic N) is 2. The standard InChI is InChI=1S/C41H79N2O4/c1-13-31(4)35-18-16-34(17-19-35)29-43(11,12)25-27-47-39(45)41(8,30-40(7,15-3)38(44)46-26-24-42(9)10)28-33(6)37-22-20-36(21-23-37)32(5)14-2/h31-37H,13-30H2,1-12H3/q+1. The molecular weight excluding hydrogens is 584 g/mol. The van der Waals surface area contributed by atoms with Crippen molar-refractivity contribution in [1.82, 2.24) is 4.90 Å². The summed E-state index contributed by atoms with van der Waals surface area (Å²) in [6.07, 6.45) is 14.8. The number of hydrogen-bond acceptors (Lipinski definition) is 5. The van der Waals surface area contributed by atoms with Crippen LogP contribution in [0.25, 0.3) is 0 Å². The Hall–Kier alpha value is -1.14. The lowest BCUT2D eigenvalue weighted by atomic mass is 9.64. The molecule has 2 aliphatic rings. The molecule has 6 heteroatoms. The second-order valence-electron chi connectivity index (χ2n) is 18.0. The van der Waals surface area contributed by atoms with E-state index in [1.54, 1.807) is 0 Å². The third-order valence-corrected chi connectivity index (χ3v) is 13.2. The van der Waals surface area contributed by atoms with Crippen LogP contribution < -0.4 is 0 Å². The molecule has 0 bridgehead atoms. The summed E-state index contributed by atoms with van der Waals surface area (Å²) in [5.41, 5.74) is -1.48. The SMILES string of the molecule is CCC(C)C1CCC(C[N+](C)(C)CCOC(=O)C(C)(CC(C)C2CCC(C(C)CC)CC2)CC(C)(CC)C(=O)OCCN(C)C)CC1. The molecule has 2 fully saturated rings. The van der Waals surface area contributed by atoms with Crippen LogP contribution in [0.2, 0.25) is 0 Å². The number of esters is 2. The maximum absolute atomic E-state index is 14.2. The summed E-state index contributed by atoms with van der Waals surface area (Å²) in [6, 6.07) is 0. The van der Waals surface area contributed by atoms with Gasteiger partial charge in [-0.1, -0.05) is 54.4 Å². The van der Waals surface area contributed by atoms with Crippen molar-refractivity contribution in [3.63, 3.8) is 0 Å². The van der Waals surface area contributed by atoms with Crippen molar-refractivity contribution in [3.8, 4) is 0 Å². The predicted molar refractivity (Wildman–Crippen MR) is 197 cm³/mol. The molecule has 2 aliphatic carbocycles. The molecule has 6 nitrogen and oxygen atoms in total. The van der Waals surface area contributed by atoms with Crippen molar-refractivity contribution >= 4 is 11.9 Å². The lowest BCUT2D eigenvalue weighted by Crippen LogP contribution is -2.47. The number of carbonyl (C=O) groups excluding carboxylic acids is 2. The third kappa shape index (κ3) is 13.3. The van der Waals surface area contributed by atoms with Crippen molar-refractivity contribution in [2.24, 2.45) is 52.3 Å². The van der Waals surface area contributed by atoms with Crippen LogP contribution in [0.15, 0.2) is 0 Å². The average Bonchev–Trinajstić information content (AvgIpc) is 3.03. The lowest BCUT2D eigenvalue weighted by molar-refractivity contribution is -0.894. The summed E-state index contributed by atoms with van der Waals surface area (Å²) in [5, 5.41) is 0. The second kappa shape index (κ2) is 19.3. The van der Waals surface area contributed by atoms with Crippen molar-refractivity contribution < 1.29 is 23.5 Å². The first kappa shape index (κ1) is 42.0. The lowest BCUT2D eigenvalue weighted by Gasteiger charge is -2.41. The number of hydrogen-bond donors (Lipinski definition) is 0. The van der Waals surface area contributed by atoms with Crippen LogP contribution in [-0.4, -0.2) is 82.4 Å². The van der Waals surface area contributed by atoms with Crippen LogP contribution in [0.5, 0.6) is 0 Å². The van der Waals surface area contributed by atoms with Crippen molar-refractivity contribution in [1.29, 1.82) is 0 Å². The van der Waals surface area contributed by atoms with E-state index in [1.165, 1.54) is 64.2 Å². The minimum Gasteiger partial charge on any atom is -0.464 e. The Kier molecular flexibility index (Phi) is 17.3. The van der Waals surface area contributed by atoms with Crippen LogP contribution in [0.3, 0.4) is 0 Å². The molecule has 2 rings (SSSR count). The molecular formula is C41H79N2O4+. The monoisotopic (exact) mass is 664 g/mol. The fourth-order valence-electron chi connectivity index (χ4n) is 9.04. The van der Waals surface area contributed by atoms with Gasteiger partial charge in [-0.05, 0) is 134 Å². The van der Waals surface area contributed by atoms with Gasteiger partial charge >= 0.3 is 11.9 Å². The molecule has 0 aromatic carbocycles. The molecule has 0 radical (unpaired) electrons. The first-order chi connectivity index (χ1) is 22.0. The molecule has 2 saturated carbocycles. The molecule has 0 aromatic rings. The van der Waals surface area contributed by atoms with Crippen molar-refractivity contribution in [2.75, 3.05) is 61.0 Å². The molecule has 0 aliphatic heterocycles. The topological polar surface area (TPSA) is 55.8 Å². The Labute approximate surface area is 292 Å². The van der Waals surface area contributed by atoms with E-state index < -0.39 is 10.8 Å². The predicted octanol–water partition coefficient (Wildman–Crippen LogP) is 9.25. The molecule has 47 heavy (non-hydrogen) atoms. The molecule has 0 spiro atoms. The minimum atomic E-state index is -0.746. The molecule has 0 N–H and O–H groups in total. The minimum absolute atomic E-state index is 0.132. The molecule has 0 amide bonds. The highest BCUT2D eigenvalue weighted by atomic mass is 16.5. The third-order valence-electron chi connectivity index (χ3n) is 13.2. The number of rotatable bonds is 20. The number of likely N-dealkylation sites (N-methyl/N-ethyl adjacent to an activating group) is 2. The highest BCUT2D eigenvalue weighted by Crippen LogP contribution is 2.46. The first-order valence-electron chi connectivity index (χ1n) is 19.8. The largest absolute Gasteiger partial charge is 0.464 e. The van der Waals surface area contributed by atoms with Crippen LogP contribution in [0.4, 0.5) is 0 Å².